The Morgan fingerprint density at radius 2 is 1.95 bits per heavy atom. The standard InChI is InChI=1S/C16H27NO2/c1-16(2,3)14-7-5-8-15(13-14)19-12-6-9-17(4)10-11-18/h5,7-8,13,18H,6,9-12H2,1-4H3. The molecule has 0 amide bonds. The maximum Gasteiger partial charge on any atom is 0.119 e. The highest BCUT2D eigenvalue weighted by Gasteiger charge is 2.13. The number of hydrogen-bond donors (Lipinski definition) is 1. The molecule has 19 heavy (non-hydrogen) atoms. The number of likely N-dealkylation sites (N-methyl/N-ethyl adjacent to an activating group) is 1. The average Bonchev–Trinajstić information content (AvgIpc) is 2.34. The van der Waals surface area contributed by atoms with Crippen LogP contribution in [0.4, 0.5) is 0 Å². The number of benzene rings is 1. The van der Waals surface area contributed by atoms with Crippen molar-refractivity contribution in [3.8, 4) is 5.75 Å². The SMILES string of the molecule is CN(CCO)CCCOc1cccc(C(C)(C)C)c1. The maximum absolute atomic E-state index is 8.81. The number of nitrogens with zero attached hydrogens (tertiary/aromatic N) is 1. The van der Waals surface area contributed by atoms with E-state index in [2.05, 4.69) is 37.8 Å². The van der Waals surface area contributed by atoms with Gasteiger partial charge in [0.25, 0.3) is 0 Å². The van der Waals surface area contributed by atoms with Gasteiger partial charge in [-0.05, 0) is 36.6 Å². The van der Waals surface area contributed by atoms with Gasteiger partial charge in [0, 0.05) is 13.1 Å². The number of rotatable bonds is 7. The van der Waals surface area contributed by atoms with E-state index in [-0.39, 0.29) is 12.0 Å². The first kappa shape index (κ1) is 16.0. The van der Waals surface area contributed by atoms with Crippen molar-refractivity contribution in [3.63, 3.8) is 0 Å². The summed E-state index contributed by atoms with van der Waals surface area (Å²) in [5.41, 5.74) is 1.45. The lowest BCUT2D eigenvalue weighted by molar-refractivity contribution is 0.207. The van der Waals surface area contributed by atoms with Crippen LogP contribution < -0.4 is 4.74 Å². The molecule has 0 aromatic heterocycles. The summed E-state index contributed by atoms with van der Waals surface area (Å²) in [5.74, 6) is 0.942. The van der Waals surface area contributed by atoms with Crippen LogP contribution in [0, 0.1) is 0 Å². The molecule has 0 saturated carbocycles. The van der Waals surface area contributed by atoms with Crippen LogP contribution in [0.2, 0.25) is 0 Å². The van der Waals surface area contributed by atoms with Gasteiger partial charge in [0.2, 0.25) is 0 Å². The Bertz CT molecular complexity index is 371. The summed E-state index contributed by atoms with van der Waals surface area (Å²) in [6, 6.07) is 8.32. The van der Waals surface area contributed by atoms with Gasteiger partial charge in [-0.25, -0.2) is 0 Å². The van der Waals surface area contributed by atoms with E-state index in [4.69, 9.17) is 9.84 Å². The quantitative estimate of drug-likeness (QED) is 0.769. The van der Waals surface area contributed by atoms with Gasteiger partial charge in [0.1, 0.15) is 5.75 Å². The molecular weight excluding hydrogens is 238 g/mol. The second-order valence-corrected chi connectivity index (χ2v) is 6.01. The lowest BCUT2D eigenvalue weighted by Gasteiger charge is -2.20. The van der Waals surface area contributed by atoms with Crippen LogP contribution in [0.1, 0.15) is 32.8 Å². The highest BCUT2D eigenvalue weighted by Crippen LogP contribution is 2.25. The Balaban J connectivity index is 2.38. The zero-order chi connectivity index (χ0) is 14.3. The lowest BCUT2D eigenvalue weighted by atomic mass is 9.87. The Hall–Kier alpha value is -1.06. The van der Waals surface area contributed by atoms with E-state index >= 15 is 0 Å². The molecule has 108 valence electrons. The first-order chi connectivity index (χ1) is 8.93. The molecule has 3 nitrogen and oxygen atoms in total. The van der Waals surface area contributed by atoms with Gasteiger partial charge in [0.05, 0.1) is 13.2 Å². The van der Waals surface area contributed by atoms with E-state index in [0.29, 0.717) is 6.61 Å². The normalized spacial score (nSPS) is 11.9. The zero-order valence-corrected chi connectivity index (χ0v) is 12.6. The molecule has 0 bridgehead atoms. The molecule has 0 heterocycles. The molecule has 1 aromatic carbocycles. The van der Waals surface area contributed by atoms with Gasteiger partial charge < -0.3 is 14.7 Å². The fourth-order valence-corrected chi connectivity index (χ4v) is 1.86. The minimum atomic E-state index is 0.153. The fraction of sp³-hybridized carbons (Fsp3) is 0.625. The van der Waals surface area contributed by atoms with Crippen LogP contribution in [0.5, 0.6) is 5.75 Å². The topological polar surface area (TPSA) is 32.7 Å². The molecule has 0 unspecified atom stereocenters. The number of hydrogen-bond acceptors (Lipinski definition) is 3. The van der Waals surface area contributed by atoms with Crippen molar-refractivity contribution < 1.29 is 9.84 Å². The Kier molecular flexibility index (Phi) is 6.32. The van der Waals surface area contributed by atoms with Crippen molar-refractivity contribution >= 4 is 0 Å². The van der Waals surface area contributed by atoms with Crippen molar-refractivity contribution in [1.29, 1.82) is 0 Å². The third-order valence-corrected chi connectivity index (χ3v) is 3.13. The first-order valence-electron chi connectivity index (χ1n) is 6.96. The summed E-state index contributed by atoms with van der Waals surface area (Å²) in [6.07, 6.45) is 0.968. The highest BCUT2D eigenvalue weighted by atomic mass is 16.5. The van der Waals surface area contributed by atoms with Crippen LogP contribution in [0.15, 0.2) is 24.3 Å². The summed E-state index contributed by atoms with van der Waals surface area (Å²) in [4.78, 5) is 2.11. The Labute approximate surface area is 117 Å². The van der Waals surface area contributed by atoms with Gasteiger partial charge in [-0.3, -0.25) is 0 Å². The van der Waals surface area contributed by atoms with E-state index in [0.717, 1.165) is 25.3 Å². The lowest BCUT2D eigenvalue weighted by Crippen LogP contribution is -2.24. The maximum atomic E-state index is 8.81. The molecule has 3 heteroatoms. The molecule has 1 aromatic rings. The largest absolute Gasteiger partial charge is 0.494 e. The van der Waals surface area contributed by atoms with Gasteiger partial charge in [-0.15, -0.1) is 0 Å². The van der Waals surface area contributed by atoms with Crippen molar-refractivity contribution in [2.24, 2.45) is 0 Å². The molecule has 0 aliphatic carbocycles. The summed E-state index contributed by atoms with van der Waals surface area (Å²) < 4.78 is 5.78. The third kappa shape index (κ3) is 6.08. The summed E-state index contributed by atoms with van der Waals surface area (Å²) >= 11 is 0. The third-order valence-electron chi connectivity index (χ3n) is 3.13. The van der Waals surface area contributed by atoms with Crippen molar-refractivity contribution in [3.05, 3.63) is 29.8 Å². The molecule has 0 fully saturated rings. The molecule has 1 rings (SSSR count). The summed E-state index contributed by atoms with van der Waals surface area (Å²) in [5, 5.41) is 8.81. The minimum absolute atomic E-state index is 0.153. The van der Waals surface area contributed by atoms with Crippen LogP contribution in [-0.4, -0.2) is 43.4 Å². The van der Waals surface area contributed by atoms with Crippen LogP contribution in [0.25, 0.3) is 0 Å². The number of aliphatic hydroxyl groups is 1. The van der Waals surface area contributed by atoms with Gasteiger partial charge in [-0.2, -0.15) is 0 Å². The Morgan fingerprint density at radius 1 is 1.21 bits per heavy atom. The van der Waals surface area contributed by atoms with E-state index < -0.39 is 0 Å². The van der Waals surface area contributed by atoms with Gasteiger partial charge >= 0.3 is 0 Å². The van der Waals surface area contributed by atoms with Crippen LogP contribution in [0.3, 0.4) is 0 Å². The van der Waals surface area contributed by atoms with E-state index in [1.54, 1.807) is 0 Å². The fourth-order valence-electron chi connectivity index (χ4n) is 1.86. The predicted molar refractivity (Wildman–Crippen MR) is 79.8 cm³/mol. The molecule has 0 atom stereocenters. The van der Waals surface area contributed by atoms with Gasteiger partial charge in [0.15, 0.2) is 0 Å². The molecule has 0 radical (unpaired) electrons. The minimum Gasteiger partial charge on any atom is -0.494 e. The van der Waals surface area contributed by atoms with Crippen molar-refractivity contribution in [2.45, 2.75) is 32.6 Å². The number of aliphatic hydroxyl groups excluding tert-OH is 1. The first-order valence-corrected chi connectivity index (χ1v) is 6.96. The summed E-state index contributed by atoms with van der Waals surface area (Å²) in [6.45, 7) is 9.20. The Morgan fingerprint density at radius 3 is 2.58 bits per heavy atom. The second-order valence-electron chi connectivity index (χ2n) is 6.01. The van der Waals surface area contributed by atoms with E-state index in [1.807, 2.05) is 19.2 Å². The van der Waals surface area contributed by atoms with E-state index in [1.165, 1.54) is 5.56 Å². The molecular formula is C16H27NO2. The highest BCUT2D eigenvalue weighted by molar-refractivity contribution is 5.32. The van der Waals surface area contributed by atoms with Crippen molar-refractivity contribution in [2.75, 3.05) is 33.4 Å². The molecule has 1 N–H and O–H groups in total. The molecule has 0 aliphatic rings. The van der Waals surface area contributed by atoms with Crippen LogP contribution in [-0.2, 0) is 5.41 Å². The predicted octanol–water partition coefficient (Wildman–Crippen LogP) is 2.68. The molecule has 0 saturated heterocycles. The smallest absolute Gasteiger partial charge is 0.119 e. The molecule has 0 aliphatic heterocycles. The van der Waals surface area contributed by atoms with Crippen molar-refractivity contribution in [1.82, 2.24) is 4.90 Å². The second kappa shape index (κ2) is 7.51. The summed E-state index contributed by atoms with van der Waals surface area (Å²) in [7, 11) is 2.01. The monoisotopic (exact) mass is 265 g/mol. The average molecular weight is 265 g/mol. The zero-order valence-electron chi connectivity index (χ0n) is 12.6. The van der Waals surface area contributed by atoms with Gasteiger partial charge in [-0.1, -0.05) is 32.9 Å². The van der Waals surface area contributed by atoms with E-state index in [9.17, 15) is 0 Å². The number of ether oxygens (including phenoxy) is 1. The van der Waals surface area contributed by atoms with Crippen LogP contribution >= 0.6 is 0 Å². The molecule has 0 spiro atoms.